The van der Waals surface area contributed by atoms with E-state index >= 15 is 0 Å². The Morgan fingerprint density at radius 2 is 1.03 bits per heavy atom. The summed E-state index contributed by atoms with van der Waals surface area (Å²) < 4.78 is 0. The molecule has 0 radical (unpaired) electrons. The normalized spacial score (nSPS) is 10.9. The Hall–Kier alpha value is -4.48. The molecular formula is C22H24N6O6. The third-order valence-electron chi connectivity index (χ3n) is 4.57. The van der Waals surface area contributed by atoms with Crippen LogP contribution in [-0.2, 0) is 9.59 Å². The number of benzene rings is 2. The molecule has 12 heteroatoms. The van der Waals surface area contributed by atoms with Gasteiger partial charge in [-0.15, -0.1) is 0 Å². The van der Waals surface area contributed by atoms with Crippen molar-refractivity contribution in [3.05, 3.63) is 79.9 Å². The number of nitrogens with zero attached hydrogens (tertiary/aromatic N) is 4. The average molecular weight is 468 g/mol. The van der Waals surface area contributed by atoms with E-state index in [0.29, 0.717) is 36.8 Å². The molecule has 0 heterocycles. The van der Waals surface area contributed by atoms with Crippen LogP contribution in [-0.4, -0.2) is 34.1 Å². The largest absolute Gasteiger partial charge is 0.273 e. The zero-order valence-corrected chi connectivity index (χ0v) is 18.3. The highest BCUT2D eigenvalue weighted by atomic mass is 16.6. The van der Waals surface area contributed by atoms with E-state index in [1.807, 2.05) is 0 Å². The minimum absolute atomic E-state index is 0.0198. The second-order valence-electron chi connectivity index (χ2n) is 7.20. The summed E-state index contributed by atoms with van der Waals surface area (Å²) in [7, 11) is 0. The summed E-state index contributed by atoms with van der Waals surface area (Å²) in [6.07, 6.45) is 6.26. The summed E-state index contributed by atoms with van der Waals surface area (Å²) in [4.78, 5) is 43.8. The lowest BCUT2D eigenvalue weighted by atomic mass is 10.1. The van der Waals surface area contributed by atoms with E-state index in [9.17, 15) is 29.8 Å². The molecule has 0 atom stereocenters. The highest BCUT2D eigenvalue weighted by molar-refractivity contribution is 5.83. The Balaban J connectivity index is 1.53. The molecule has 0 saturated carbocycles. The Bertz CT molecular complexity index is 965. The number of nitro benzene ring substituents is 2. The third kappa shape index (κ3) is 9.77. The molecule has 2 rings (SSSR count). The van der Waals surface area contributed by atoms with E-state index in [2.05, 4.69) is 21.1 Å². The van der Waals surface area contributed by atoms with Crippen LogP contribution in [0, 0.1) is 20.2 Å². The predicted molar refractivity (Wildman–Crippen MR) is 125 cm³/mol. The van der Waals surface area contributed by atoms with Gasteiger partial charge in [0.1, 0.15) is 0 Å². The Kier molecular flexibility index (Phi) is 10.5. The van der Waals surface area contributed by atoms with E-state index < -0.39 is 9.85 Å². The fourth-order valence-corrected chi connectivity index (χ4v) is 2.76. The maximum atomic E-state index is 11.8. The van der Waals surface area contributed by atoms with Crippen molar-refractivity contribution in [3.8, 4) is 0 Å². The monoisotopic (exact) mass is 468 g/mol. The van der Waals surface area contributed by atoms with Crippen LogP contribution in [0.3, 0.4) is 0 Å². The first-order valence-corrected chi connectivity index (χ1v) is 10.5. The van der Waals surface area contributed by atoms with Crippen molar-refractivity contribution in [3.63, 3.8) is 0 Å². The lowest BCUT2D eigenvalue weighted by Crippen LogP contribution is -2.17. The summed E-state index contributed by atoms with van der Waals surface area (Å²) in [5, 5.41) is 28.9. The number of amides is 2. The molecule has 34 heavy (non-hydrogen) atoms. The van der Waals surface area contributed by atoms with Gasteiger partial charge < -0.3 is 0 Å². The molecule has 2 N–H and O–H groups in total. The number of hydrogen-bond acceptors (Lipinski definition) is 8. The Morgan fingerprint density at radius 3 is 1.35 bits per heavy atom. The third-order valence-corrected chi connectivity index (χ3v) is 4.57. The number of hydrogen-bond donors (Lipinski definition) is 2. The zero-order chi connectivity index (χ0) is 24.8. The van der Waals surface area contributed by atoms with Gasteiger partial charge in [-0.3, -0.25) is 29.8 Å². The number of carbonyl (C=O) groups is 2. The first-order chi connectivity index (χ1) is 16.3. The van der Waals surface area contributed by atoms with E-state index in [1.54, 1.807) is 0 Å². The molecule has 0 aliphatic rings. The van der Waals surface area contributed by atoms with Gasteiger partial charge in [-0.2, -0.15) is 10.2 Å². The van der Waals surface area contributed by atoms with Crippen LogP contribution in [0.4, 0.5) is 11.4 Å². The molecule has 0 fully saturated rings. The molecule has 0 unspecified atom stereocenters. The molecule has 0 bridgehead atoms. The van der Waals surface area contributed by atoms with Crippen LogP contribution in [0.25, 0.3) is 0 Å². The summed E-state index contributed by atoms with van der Waals surface area (Å²) in [6.45, 7) is 0. The van der Waals surface area contributed by atoms with Gasteiger partial charge >= 0.3 is 0 Å². The van der Waals surface area contributed by atoms with E-state index in [0.717, 1.165) is 12.8 Å². The molecule has 2 amide bonds. The molecule has 0 aromatic heterocycles. The quantitative estimate of drug-likeness (QED) is 0.197. The van der Waals surface area contributed by atoms with Crippen LogP contribution in [0.5, 0.6) is 0 Å². The van der Waals surface area contributed by atoms with Crippen molar-refractivity contribution in [2.75, 3.05) is 0 Å². The van der Waals surface area contributed by atoms with Gasteiger partial charge in [-0.25, -0.2) is 10.9 Å². The highest BCUT2D eigenvalue weighted by Gasteiger charge is 2.05. The van der Waals surface area contributed by atoms with Gasteiger partial charge in [0.2, 0.25) is 11.8 Å². The van der Waals surface area contributed by atoms with Crippen LogP contribution in [0.2, 0.25) is 0 Å². The van der Waals surface area contributed by atoms with Crippen LogP contribution >= 0.6 is 0 Å². The average Bonchev–Trinajstić information content (AvgIpc) is 2.82. The van der Waals surface area contributed by atoms with Gasteiger partial charge in [0.15, 0.2) is 0 Å². The molecule has 2 aromatic carbocycles. The van der Waals surface area contributed by atoms with Crippen LogP contribution in [0.1, 0.15) is 49.7 Å². The van der Waals surface area contributed by atoms with E-state index in [4.69, 9.17) is 0 Å². The molecule has 12 nitrogen and oxygen atoms in total. The van der Waals surface area contributed by atoms with E-state index in [1.165, 1.54) is 61.0 Å². The van der Waals surface area contributed by atoms with Gasteiger partial charge in [0.05, 0.1) is 22.3 Å². The Labute approximate surface area is 195 Å². The fourth-order valence-electron chi connectivity index (χ4n) is 2.76. The summed E-state index contributed by atoms with van der Waals surface area (Å²) in [5.74, 6) is -0.479. The van der Waals surface area contributed by atoms with Crippen molar-refractivity contribution in [1.82, 2.24) is 10.9 Å². The smallest absolute Gasteiger partial charge is 0.269 e. The zero-order valence-electron chi connectivity index (χ0n) is 18.3. The summed E-state index contributed by atoms with van der Waals surface area (Å²) in [6, 6.07) is 11.6. The van der Waals surface area contributed by atoms with Crippen molar-refractivity contribution in [2.24, 2.45) is 10.2 Å². The number of non-ortho nitro benzene ring substituents is 2. The molecule has 0 aliphatic carbocycles. The lowest BCUT2D eigenvalue weighted by molar-refractivity contribution is -0.385. The maximum absolute atomic E-state index is 11.8. The topological polar surface area (TPSA) is 169 Å². The molecular weight excluding hydrogens is 444 g/mol. The predicted octanol–water partition coefficient (Wildman–Crippen LogP) is 3.44. The maximum Gasteiger partial charge on any atom is 0.269 e. The number of rotatable bonds is 13. The van der Waals surface area contributed by atoms with Gasteiger partial charge in [-0.05, 0) is 48.2 Å². The standard InChI is InChI=1S/C22H24N6O6/c29-21(25-23-15-17-7-11-19(12-8-17)27(31)32)5-3-1-2-4-6-22(30)26-24-16-18-9-13-20(14-10-18)28(33)34/h7-16H,1-6H2,(H,25,29)(H,26,30)/b23-15-,24-16-. The number of hydrazone groups is 2. The van der Waals surface area contributed by atoms with Gasteiger partial charge in [-0.1, -0.05) is 12.8 Å². The second kappa shape index (κ2) is 13.8. The number of nitrogens with one attached hydrogen (secondary N) is 2. The Morgan fingerprint density at radius 1 is 0.676 bits per heavy atom. The van der Waals surface area contributed by atoms with Crippen LogP contribution < -0.4 is 10.9 Å². The number of unbranched alkanes of at least 4 members (excludes halogenated alkanes) is 3. The fraction of sp³-hybridized carbons (Fsp3) is 0.273. The van der Waals surface area contributed by atoms with Gasteiger partial charge in [0.25, 0.3) is 11.4 Å². The first kappa shape index (κ1) is 25.8. The van der Waals surface area contributed by atoms with E-state index in [-0.39, 0.29) is 23.2 Å². The number of carbonyl (C=O) groups excluding carboxylic acids is 2. The van der Waals surface area contributed by atoms with Crippen LogP contribution in [0.15, 0.2) is 58.7 Å². The molecule has 0 aliphatic heterocycles. The highest BCUT2D eigenvalue weighted by Crippen LogP contribution is 2.11. The molecule has 2 aromatic rings. The summed E-state index contributed by atoms with van der Waals surface area (Å²) in [5.41, 5.74) is 6.03. The number of nitro groups is 2. The van der Waals surface area contributed by atoms with Crippen molar-refractivity contribution in [2.45, 2.75) is 38.5 Å². The molecule has 0 saturated heterocycles. The second-order valence-corrected chi connectivity index (χ2v) is 7.20. The van der Waals surface area contributed by atoms with Crippen molar-refractivity contribution in [1.29, 1.82) is 0 Å². The lowest BCUT2D eigenvalue weighted by Gasteiger charge is -2.02. The summed E-state index contributed by atoms with van der Waals surface area (Å²) >= 11 is 0. The minimum Gasteiger partial charge on any atom is -0.273 e. The van der Waals surface area contributed by atoms with Crippen molar-refractivity contribution >= 4 is 35.6 Å². The van der Waals surface area contributed by atoms with Crippen molar-refractivity contribution < 1.29 is 19.4 Å². The van der Waals surface area contributed by atoms with Gasteiger partial charge in [0, 0.05) is 37.1 Å². The molecule has 178 valence electrons. The molecule has 0 spiro atoms. The first-order valence-electron chi connectivity index (χ1n) is 10.5. The SMILES string of the molecule is O=C(CCCCCCC(=O)N/N=C\c1ccc([N+](=O)[O-])cc1)N/N=C\c1ccc([N+](=O)[O-])cc1. The minimum atomic E-state index is -0.492.